The molecule has 31 heavy (non-hydrogen) atoms. The lowest BCUT2D eigenvalue weighted by molar-refractivity contribution is -0.141. The summed E-state index contributed by atoms with van der Waals surface area (Å²) in [5.41, 5.74) is 3.80. The first-order valence-electron chi connectivity index (χ1n) is 11.2. The molecule has 1 aliphatic heterocycles. The van der Waals surface area contributed by atoms with E-state index >= 15 is 0 Å². The number of ketones is 1. The summed E-state index contributed by atoms with van der Waals surface area (Å²) in [6.07, 6.45) is 7.94. The lowest BCUT2D eigenvalue weighted by Crippen LogP contribution is -2.37. The summed E-state index contributed by atoms with van der Waals surface area (Å²) in [5.74, 6) is -1.74. The van der Waals surface area contributed by atoms with Crippen LogP contribution in [0.2, 0.25) is 0 Å². The van der Waals surface area contributed by atoms with Crippen LogP contribution in [-0.4, -0.2) is 27.7 Å². The molecule has 1 atom stereocenters. The highest BCUT2D eigenvalue weighted by atomic mass is 19.1. The minimum absolute atomic E-state index is 0.0414. The molecule has 5 rings (SSSR count). The van der Waals surface area contributed by atoms with Crippen LogP contribution in [0.4, 0.5) is 4.39 Å². The highest BCUT2D eigenvalue weighted by molar-refractivity contribution is 6.46. The first kappa shape index (κ1) is 20.0. The van der Waals surface area contributed by atoms with Crippen LogP contribution in [-0.2, 0) is 22.4 Å². The average molecular weight is 419 g/mol. The second-order valence-electron chi connectivity index (χ2n) is 8.89. The summed E-state index contributed by atoms with van der Waals surface area (Å²) < 4.78 is 13.6. The number of Topliss-reactive ketones (excluding diaryl/α,β-unsaturated/α-hetero) is 1. The first-order chi connectivity index (χ1) is 15.0. The van der Waals surface area contributed by atoms with Gasteiger partial charge in [0.2, 0.25) is 0 Å². The lowest BCUT2D eigenvalue weighted by atomic mass is 9.88. The van der Waals surface area contributed by atoms with Crippen LogP contribution in [0.1, 0.15) is 66.8 Å². The molecule has 1 amide bonds. The Morgan fingerprint density at radius 3 is 2.29 bits per heavy atom. The van der Waals surface area contributed by atoms with Crippen molar-refractivity contribution in [3.63, 3.8) is 0 Å². The fourth-order valence-corrected chi connectivity index (χ4v) is 5.42. The fourth-order valence-electron chi connectivity index (χ4n) is 5.42. The number of aryl methyl sites for hydroxylation is 2. The minimum atomic E-state index is -0.695. The molecular formula is C26H26FNO3. The van der Waals surface area contributed by atoms with Gasteiger partial charge in [0.05, 0.1) is 11.6 Å². The summed E-state index contributed by atoms with van der Waals surface area (Å²) in [6.45, 7) is 0. The van der Waals surface area contributed by atoms with Gasteiger partial charge in [-0.05, 0) is 73.4 Å². The first-order valence-corrected chi connectivity index (χ1v) is 11.2. The highest BCUT2D eigenvalue weighted by Crippen LogP contribution is 2.43. The third-order valence-corrected chi connectivity index (χ3v) is 7.01. The number of likely N-dealkylation sites (tertiary alicyclic amines) is 1. The number of amides is 1. The summed E-state index contributed by atoms with van der Waals surface area (Å²) in [7, 11) is 0. The molecule has 160 valence electrons. The fraction of sp³-hybridized carbons (Fsp3) is 0.385. The molecular weight excluding hydrogens is 393 g/mol. The monoisotopic (exact) mass is 419 g/mol. The molecule has 0 radical (unpaired) electrons. The Balaban J connectivity index is 1.64. The Morgan fingerprint density at radius 1 is 0.903 bits per heavy atom. The van der Waals surface area contributed by atoms with Crippen LogP contribution in [0.5, 0.6) is 0 Å². The molecule has 0 spiro atoms. The van der Waals surface area contributed by atoms with Gasteiger partial charge in [0.1, 0.15) is 11.6 Å². The van der Waals surface area contributed by atoms with E-state index in [4.69, 9.17) is 0 Å². The van der Waals surface area contributed by atoms with Gasteiger partial charge in [-0.25, -0.2) is 4.39 Å². The molecule has 1 heterocycles. The standard InChI is InChI=1S/C26H26FNO3/c27-20-13-11-17(12-14-20)23-22(25(30)26(31)28(23)21-7-3-4-8-21)24(29)19-10-9-16-5-1-2-6-18(16)15-19/h9-15,21,23,29H,1-8H2/b24-22-. The largest absolute Gasteiger partial charge is 0.507 e. The Labute approximate surface area is 181 Å². The molecule has 3 aliphatic rings. The maximum atomic E-state index is 13.6. The summed E-state index contributed by atoms with van der Waals surface area (Å²) in [6, 6.07) is 11.0. The lowest BCUT2D eigenvalue weighted by Gasteiger charge is -2.30. The third-order valence-electron chi connectivity index (χ3n) is 7.01. The van der Waals surface area contributed by atoms with Crippen molar-refractivity contribution >= 4 is 17.4 Å². The number of hydrogen-bond acceptors (Lipinski definition) is 3. The van der Waals surface area contributed by atoms with Crippen LogP contribution in [0, 0.1) is 5.82 Å². The number of fused-ring (bicyclic) bond motifs is 1. The molecule has 1 unspecified atom stereocenters. The van der Waals surface area contributed by atoms with Gasteiger partial charge in [-0.2, -0.15) is 0 Å². The minimum Gasteiger partial charge on any atom is -0.507 e. The predicted molar refractivity (Wildman–Crippen MR) is 116 cm³/mol. The van der Waals surface area contributed by atoms with Gasteiger partial charge < -0.3 is 10.0 Å². The summed E-state index contributed by atoms with van der Waals surface area (Å²) >= 11 is 0. The van der Waals surface area contributed by atoms with Crippen LogP contribution in [0.25, 0.3) is 5.76 Å². The highest BCUT2D eigenvalue weighted by Gasteiger charge is 2.49. The Bertz CT molecular complexity index is 1070. The van der Waals surface area contributed by atoms with Crippen LogP contribution in [0.15, 0.2) is 48.0 Å². The van der Waals surface area contributed by atoms with Crippen molar-refractivity contribution in [1.82, 2.24) is 4.90 Å². The Morgan fingerprint density at radius 2 is 1.58 bits per heavy atom. The van der Waals surface area contributed by atoms with Crippen molar-refractivity contribution in [2.24, 2.45) is 0 Å². The number of aliphatic hydroxyl groups excluding tert-OH is 1. The second-order valence-corrected chi connectivity index (χ2v) is 8.89. The van der Waals surface area contributed by atoms with Crippen LogP contribution < -0.4 is 0 Å². The molecule has 2 aromatic rings. The van der Waals surface area contributed by atoms with E-state index < -0.39 is 17.7 Å². The zero-order valence-electron chi connectivity index (χ0n) is 17.4. The van der Waals surface area contributed by atoms with E-state index in [1.807, 2.05) is 18.2 Å². The molecule has 0 aromatic heterocycles. The molecule has 2 fully saturated rings. The van der Waals surface area contributed by atoms with E-state index in [1.54, 1.807) is 17.0 Å². The second kappa shape index (κ2) is 7.95. The molecule has 1 saturated carbocycles. The van der Waals surface area contributed by atoms with E-state index in [0.29, 0.717) is 11.1 Å². The number of nitrogens with zero attached hydrogens (tertiary/aromatic N) is 1. The maximum absolute atomic E-state index is 13.6. The van der Waals surface area contributed by atoms with Crippen molar-refractivity contribution < 1.29 is 19.1 Å². The van der Waals surface area contributed by atoms with Crippen molar-refractivity contribution in [3.05, 3.63) is 76.1 Å². The van der Waals surface area contributed by atoms with Gasteiger partial charge in [0.15, 0.2) is 0 Å². The molecule has 5 heteroatoms. The van der Waals surface area contributed by atoms with Gasteiger partial charge in [0, 0.05) is 11.6 Å². The number of benzene rings is 2. The SMILES string of the molecule is O=C1C(=O)N(C2CCCC2)C(c2ccc(F)cc2)/C1=C(/O)c1ccc2c(c1)CCCC2. The summed E-state index contributed by atoms with van der Waals surface area (Å²) in [5, 5.41) is 11.3. The van der Waals surface area contributed by atoms with Gasteiger partial charge >= 0.3 is 0 Å². The van der Waals surface area contributed by atoms with Crippen molar-refractivity contribution in [2.45, 2.75) is 63.5 Å². The molecule has 1 saturated heterocycles. The van der Waals surface area contributed by atoms with Gasteiger partial charge in [-0.1, -0.05) is 37.1 Å². The Hall–Kier alpha value is -2.95. The van der Waals surface area contributed by atoms with E-state index in [2.05, 4.69) is 0 Å². The third kappa shape index (κ3) is 3.46. The zero-order valence-corrected chi connectivity index (χ0v) is 17.4. The normalized spacial score (nSPS) is 23.4. The number of halogens is 1. The van der Waals surface area contributed by atoms with Crippen molar-refractivity contribution in [2.75, 3.05) is 0 Å². The number of carbonyl (C=O) groups is 2. The number of carbonyl (C=O) groups excluding carboxylic acids is 2. The quantitative estimate of drug-likeness (QED) is 0.429. The number of hydrogen-bond donors (Lipinski definition) is 1. The van der Waals surface area contributed by atoms with Gasteiger partial charge in [-0.15, -0.1) is 0 Å². The molecule has 1 N–H and O–H groups in total. The predicted octanol–water partition coefficient (Wildman–Crippen LogP) is 5.07. The number of rotatable bonds is 3. The van der Waals surface area contributed by atoms with E-state index in [-0.39, 0.29) is 23.2 Å². The molecule has 4 nitrogen and oxygen atoms in total. The van der Waals surface area contributed by atoms with Crippen molar-refractivity contribution in [3.8, 4) is 0 Å². The van der Waals surface area contributed by atoms with E-state index in [9.17, 15) is 19.1 Å². The van der Waals surface area contributed by atoms with Crippen LogP contribution in [0.3, 0.4) is 0 Å². The van der Waals surface area contributed by atoms with Crippen molar-refractivity contribution in [1.29, 1.82) is 0 Å². The molecule has 0 bridgehead atoms. The maximum Gasteiger partial charge on any atom is 0.295 e. The molecule has 2 aliphatic carbocycles. The molecule has 2 aromatic carbocycles. The smallest absolute Gasteiger partial charge is 0.295 e. The van der Waals surface area contributed by atoms with Gasteiger partial charge in [-0.3, -0.25) is 9.59 Å². The van der Waals surface area contributed by atoms with Crippen LogP contribution >= 0.6 is 0 Å². The average Bonchev–Trinajstić information content (AvgIpc) is 3.40. The van der Waals surface area contributed by atoms with E-state index in [1.165, 1.54) is 23.3 Å². The zero-order chi connectivity index (χ0) is 21.5. The Kier molecular flexibility index (Phi) is 5.12. The number of aliphatic hydroxyl groups is 1. The van der Waals surface area contributed by atoms with Gasteiger partial charge in [0.25, 0.3) is 11.7 Å². The topological polar surface area (TPSA) is 57.6 Å². The van der Waals surface area contributed by atoms with E-state index in [0.717, 1.165) is 51.4 Å². The summed E-state index contributed by atoms with van der Waals surface area (Å²) in [4.78, 5) is 27.9.